The van der Waals surface area contributed by atoms with E-state index in [4.69, 9.17) is 5.73 Å². The lowest BCUT2D eigenvalue weighted by Gasteiger charge is -2.12. The SMILES string of the molecule is Cn1cc(-c2c(-c3ccccc3)nc(N)n3nc(CCC(F)(F)F)nc23)ccc1=O. The fourth-order valence-corrected chi connectivity index (χ4v) is 3.17. The van der Waals surface area contributed by atoms with Crippen molar-refractivity contribution in [1.29, 1.82) is 0 Å². The molecule has 1 aromatic carbocycles. The van der Waals surface area contributed by atoms with E-state index in [-0.39, 0.29) is 29.4 Å². The molecule has 0 aliphatic heterocycles. The number of alkyl halides is 3. The van der Waals surface area contributed by atoms with Gasteiger partial charge in [-0.2, -0.15) is 17.7 Å². The van der Waals surface area contributed by atoms with Gasteiger partial charge in [0.05, 0.1) is 17.7 Å². The molecule has 154 valence electrons. The van der Waals surface area contributed by atoms with Crippen molar-refractivity contribution >= 4 is 11.6 Å². The molecule has 0 bridgehead atoms. The molecule has 4 aromatic rings. The molecule has 0 amide bonds. The molecule has 4 rings (SSSR count). The van der Waals surface area contributed by atoms with Crippen molar-refractivity contribution in [1.82, 2.24) is 24.1 Å². The van der Waals surface area contributed by atoms with Crippen molar-refractivity contribution < 1.29 is 13.2 Å². The number of nitrogens with zero attached hydrogens (tertiary/aromatic N) is 5. The number of halogens is 3. The predicted molar refractivity (Wildman–Crippen MR) is 106 cm³/mol. The van der Waals surface area contributed by atoms with Gasteiger partial charge in [-0.15, -0.1) is 5.10 Å². The Hall–Kier alpha value is -3.69. The molecule has 3 aromatic heterocycles. The van der Waals surface area contributed by atoms with Gasteiger partial charge in [0, 0.05) is 36.9 Å². The molecule has 10 heteroatoms. The van der Waals surface area contributed by atoms with Crippen LogP contribution in [0.4, 0.5) is 19.1 Å². The number of nitrogens with two attached hydrogens (primary N) is 1. The van der Waals surface area contributed by atoms with Crippen molar-refractivity contribution in [3.8, 4) is 22.4 Å². The molecule has 0 saturated carbocycles. The monoisotopic (exact) mass is 414 g/mol. The summed E-state index contributed by atoms with van der Waals surface area (Å²) in [5.41, 5.74) is 8.51. The van der Waals surface area contributed by atoms with Crippen LogP contribution in [-0.4, -0.2) is 30.3 Å². The normalized spacial score (nSPS) is 11.9. The lowest BCUT2D eigenvalue weighted by atomic mass is 10.0. The quantitative estimate of drug-likeness (QED) is 0.554. The molecule has 0 unspecified atom stereocenters. The minimum atomic E-state index is -4.32. The summed E-state index contributed by atoms with van der Waals surface area (Å²) in [6.07, 6.45) is -4.13. The Morgan fingerprint density at radius 3 is 2.43 bits per heavy atom. The predicted octanol–water partition coefficient (Wildman–Crippen LogP) is 3.23. The number of hydrogen-bond donors (Lipinski definition) is 1. The number of rotatable bonds is 4. The van der Waals surface area contributed by atoms with Gasteiger partial charge in [-0.1, -0.05) is 30.3 Å². The molecule has 0 aliphatic carbocycles. The van der Waals surface area contributed by atoms with Gasteiger partial charge in [0.15, 0.2) is 11.5 Å². The van der Waals surface area contributed by atoms with Crippen LogP contribution < -0.4 is 11.3 Å². The van der Waals surface area contributed by atoms with Crippen LogP contribution in [0, 0.1) is 0 Å². The van der Waals surface area contributed by atoms with E-state index in [0.29, 0.717) is 16.8 Å². The van der Waals surface area contributed by atoms with Gasteiger partial charge in [-0.05, 0) is 6.07 Å². The second-order valence-electron chi connectivity index (χ2n) is 6.81. The zero-order valence-corrected chi connectivity index (χ0v) is 15.9. The third kappa shape index (κ3) is 3.76. The van der Waals surface area contributed by atoms with Gasteiger partial charge in [0.1, 0.15) is 0 Å². The van der Waals surface area contributed by atoms with E-state index in [0.717, 1.165) is 5.56 Å². The van der Waals surface area contributed by atoms with Crippen LogP contribution in [0.1, 0.15) is 12.2 Å². The first-order valence-electron chi connectivity index (χ1n) is 9.07. The number of benzene rings is 1. The molecule has 0 radical (unpaired) electrons. The minimum Gasteiger partial charge on any atom is -0.368 e. The van der Waals surface area contributed by atoms with Crippen LogP contribution in [0.2, 0.25) is 0 Å². The summed E-state index contributed by atoms with van der Waals surface area (Å²) in [4.78, 5) is 20.6. The minimum absolute atomic E-state index is 0.00295. The molecule has 3 heterocycles. The topological polar surface area (TPSA) is 91.1 Å². The number of anilines is 1. The van der Waals surface area contributed by atoms with Crippen molar-refractivity contribution in [2.24, 2.45) is 7.05 Å². The van der Waals surface area contributed by atoms with E-state index in [1.165, 1.54) is 15.1 Å². The van der Waals surface area contributed by atoms with Crippen molar-refractivity contribution in [2.45, 2.75) is 19.0 Å². The Morgan fingerprint density at radius 2 is 1.77 bits per heavy atom. The number of aryl methyl sites for hydroxylation is 2. The Labute approximate surface area is 168 Å². The van der Waals surface area contributed by atoms with E-state index < -0.39 is 12.6 Å². The first-order chi connectivity index (χ1) is 14.2. The average Bonchev–Trinajstić information content (AvgIpc) is 3.14. The Bertz CT molecular complexity index is 1280. The largest absolute Gasteiger partial charge is 0.389 e. The molecule has 0 fully saturated rings. The maximum Gasteiger partial charge on any atom is 0.389 e. The summed E-state index contributed by atoms with van der Waals surface area (Å²) in [6, 6.07) is 12.2. The lowest BCUT2D eigenvalue weighted by Crippen LogP contribution is -2.14. The van der Waals surface area contributed by atoms with Crippen LogP contribution >= 0.6 is 0 Å². The molecule has 0 spiro atoms. The summed E-state index contributed by atoms with van der Waals surface area (Å²) in [7, 11) is 1.61. The van der Waals surface area contributed by atoms with Crippen molar-refractivity contribution in [2.75, 3.05) is 5.73 Å². The van der Waals surface area contributed by atoms with Crippen LogP contribution in [0.25, 0.3) is 28.0 Å². The van der Waals surface area contributed by atoms with E-state index in [9.17, 15) is 18.0 Å². The van der Waals surface area contributed by atoms with Gasteiger partial charge in [-0.25, -0.2) is 9.97 Å². The third-order valence-electron chi connectivity index (χ3n) is 4.61. The highest BCUT2D eigenvalue weighted by Crippen LogP contribution is 2.34. The standard InChI is InChI=1S/C20H17F3N6O/c1-28-11-13(7-8-15(28)30)16-17(12-5-3-2-4-6-12)26-19(24)29-18(16)25-14(27-29)9-10-20(21,22)23/h2-8,11H,9-10H2,1H3,(H2,24,26). The Kier molecular flexibility index (Phi) is 4.76. The highest BCUT2D eigenvalue weighted by atomic mass is 19.4. The third-order valence-corrected chi connectivity index (χ3v) is 4.61. The Balaban J connectivity index is 1.98. The summed E-state index contributed by atoms with van der Waals surface area (Å²) in [6.45, 7) is 0. The molecule has 30 heavy (non-hydrogen) atoms. The number of nitrogen functional groups attached to an aromatic ring is 1. The molecule has 2 N–H and O–H groups in total. The number of pyridine rings is 1. The highest BCUT2D eigenvalue weighted by molar-refractivity contribution is 5.90. The van der Waals surface area contributed by atoms with Crippen molar-refractivity contribution in [3.05, 3.63) is 64.8 Å². The average molecular weight is 414 g/mol. The highest BCUT2D eigenvalue weighted by Gasteiger charge is 2.28. The maximum absolute atomic E-state index is 12.7. The maximum atomic E-state index is 12.7. The molecule has 0 saturated heterocycles. The summed E-state index contributed by atoms with van der Waals surface area (Å²) < 4.78 is 40.6. The number of fused-ring (bicyclic) bond motifs is 1. The zero-order valence-electron chi connectivity index (χ0n) is 15.9. The van der Waals surface area contributed by atoms with Crippen LogP contribution in [0.3, 0.4) is 0 Å². The van der Waals surface area contributed by atoms with Gasteiger partial charge in [-0.3, -0.25) is 4.79 Å². The van der Waals surface area contributed by atoms with Gasteiger partial charge in [0.2, 0.25) is 11.5 Å². The lowest BCUT2D eigenvalue weighted by molar-refractivity contribution is -0.134. The van der Waals surface area contributed by atoms with Gasteiger partial charge in [0.25, 0.3) is 0 Å². The fraction of sp³-hybridized carbons (Fsp3) is 0.200. The van der Waals surface area contributed by atoms with Crippen molar-refractivity contribution in [3.63, 3.8) is 0 Å². The first-order valence-corrected chi connectivity index (χ1v) is 9.07. The second-order valence-corrected chi connectivity index (χ2v) is 6.81. The molecule has 0 atom stereocenters. The van der Waals surface area contributed by atoms with E-state index in [1.54, 1.807) is 19.3 Å². The van der Waals surface area contributed by atoms with Gasteiger partial charge >= 0.3 is 6.18 Å². The van der Waals surface area contributed by atoms with Crippen LogP contribution in [-0.2, 0) is 13.5 Å². The first kappa shape index (κ1) is 19.6. The van der Waals surface area contributed by atoms with Crippen LogP contribution in [0.15, 0.2) is 53.5 Å². The molecule has 7 nitrogen and oxygen atoms in total. The molecular weight excluding hydrogens is 397 g/mol. The summed E-state index contributed by atoms with van der Waals surface area (Å²) in [5.74, 6) is 0.0142. The number of hydrogen-bond acceptors (Lipinski definition) is 5. The molecular formula is C20H17F3N6O. The second kappa shape index (κ2) is 7.29. The van der Waals surface area contributed by atoms with E-state index >= 15 is 0 Å². The Morgan fingerprint density at radius 1 is 1.03 bits per heavy atom. The van der Waals surface area contributed by atoms with E-state index in [1.807, 2.05) is 30.3 Å². The van der Waals surface area contributed by atoms with E-state index in [2.05, 4.69) is 15.1 Å². The smallest absolute Gasteiger partial charge is 0.368 e. The molecule has 0 aliphatic rings. The summed E-state index contributed by atoms with van der Waals surface area (Å²) in [5, 5.41) is 4.13. The van der Waals surface area contributed by atoms with Crippen LogP contribution in [0.5, 0.6) is 0 Å². The van der Waals surface area contributed by atoms with Gasteiger partial charge < -0.3 is 10.3 Å². The summed E-state index contributed by atoms with van der Waals surface area (Å²) >= 11 is 0. The number of aromatic nitrogens is 5. The fourth-order valence-electron chi connectivity index (χ4n) is 3.17. The zero-order chi connectivity index (χ0) is 21.5.